The molecule has 1 aromatic heterocycles. The molecule has 3 aromatic carbocycles. The number of thioether (sulfide) groups is 1. The Morgan fingerprint density at radius 2 is 1.78 bits per heavy atom. The predicted octanol–water partition coefficient (Wildman–Crippen LogP) is 8.03. The van der Waals surface area contributed by atoms with Gasteiger partial charge < -0.3 is 19.7 Å². The summed E-state index contributed by atoms with van der Waals surface area (Å²) in [5, 5.41) is 7.89. The maximum atomic E-state index is 12.9. The number of alkyl halides is 3. The van der Waals surface area contributed by atoms with Crippen LogP contribution in [0.25, 0.3) is 22.6 Å². The van der Waals surface area contributed by atoms with Gasteiger partial charge >= 0.3 is 12.4 Å². The summed E-state index contributed by atoms with van der Waals surface area (Å²) in [6.45, 7) is 6.91. The molecule has 1 aliphatic rings. The summed E-state index contributed by atoms with van der Waals surface area (Å²) in [7, 11) is 1.65. The summed E-state index contributed by atoms with van der Waals surface area (Å²) in [5.41, 5.74) is 5.13. The van der Waals surface area contributed by atoms with E-state index in [9.17, 15) is 18.0 Å². The van der Waals surface area contributed by atoms with E-state index in [0.29, 0.717) is 16.7 Å². The number of ether oxygens (including phenoxy) is 2. The summed E-state index contributed by atoms with van der Waals surface area (Å²) in [6, 6.07) is 18.4. The van der Waals surface area contributed by atoms with E-state index in [0.717, 1.165) is 52.4 Å². The zero-order chi connectivity index (χ0) is 32.8. The number of nitrogens with one attached hydrogen (secondary N) is 1. The van der Waals surface area contributed by atoms with Crippen molar-refractivity contribution in [3.05, 3.63) is 90.4 Å². The molecule has 46 heavy (non-hydrogen) atoms. The first kappa shape index (κ1) is 32.6. The summed E-state index contributed by atoms with van der Waals surface area (Å²) in [4.78, 5) is 23.7. The Morgan fingerprint density at radius 1 is 1.07 bits per heavy atom. The van der Waals surface area contributed by atoms with Crippen molar-refractivity contribution >= 4 is 34.2 Å². The van der Waals surface area contributed by atoms with Gasteiger partial charge in [-0.05, 0) is 78.4 Å². The Kier molecular flexibility index (Phi) is 10.0. The van der Waals surface area contributed by atoms with Gasteiger partial charge in [-0.2, -0.15) is 4.99 Å². The van der Waals surface area contributed by atoms with Crippen molar-refractivity contribution in [2.75, 3.05) is 24.3 Å². The predicted molar refractivity (Wildman–Crippen MR) is 175 cm³/mol. The SMILES string of the molecule is COc1ccc(N2CCCS/C2=N\C(=O)N/C=C(\C)c2ccc(-c3ncn(-c4ccc(OC(F)(F)F)cc4)n3)cc2)c(C(C)C)c1. The van der Waals surface area contributed by atoms with Gasteiger partial charge in [0.25, 0.3) is 0 Å². The number of aromatic nitrogens is 3. The molecule has 1 saturated heterocycles. The number of aliphatic imine (C=N–C) groups is 1. The number of benzene rings is 3. The number of urea groups is 1. The highest BCUT2D eigenvalue weighted by atomic mass is 32.2. The highest BCUT2D eigenvalue weighted by Crippen LogP contribution is 2.35. The second-order valence-electron chi connectivity index (χ2n) is 10.7. The molecule has 4 aromatic rings. The number of carbonyl (C=O) groups is 1. The number of anilines is 1. The first-order chi connectivity index (χ1) is 22.0. The fourth-order valence-corrected chi connectivity index (χ4v) is 5.77. The fraction of sp³-hybridized carbons (Fsp3) is 0.273. The van der Waals surface area contributed by atoms with Crippen LogP contribution >= 0.6 is 11.8 Å². The standard InChI is InChI=1S/C33H33F3N6O3S/c1-21(2)28-18-27(44-4)14-15-29(28)41-16-5-17-46-32(41)39-31(43)37-19-22(3)23-6-8-24(9-7-23)30-38-20-42(40-30)25-10-12-26(13-11-25)45-33(34,35)36/h6-15,18-21H,5,16-17H2,1-4H3,(H,37,43)/b22-19+,39-32-. The molecule has 1 N–H and O–H groups in total. The summed E-state index contributed by atoms with van der Waals surface area (Å²) >= 11 is 1.56. The molecule has 0 unspecified atom stereocenters. The Hall–Kier alpha value is -4.78. The smallest absolute Gasteiger partial charge is 0.497 e. The molecule has 240 valence electrons. The maximum absolute atomic E-state index is 12.9. The molecule has 13 heteroatoms. The lowest BCUT2D eigenvalue weighted by atomic mass is 10.00. The van der Waals surface area contributed by atoms with Crippen molar-refractivity contribution in [2.24, 2.45) is 4.99 Å². The average Bonchev–Trinajstić information content (AvgIpc) is 3.54. The molecule has 1 aliphatic heterocycles. The van der Waals surface area contributed by atoms with Crippen molar-refractivity contribution < 1.29 is 27.4 Å². The lowest BCUT2D eigenvalue weighted by Crippen LogP contribution is -2.36. The highest BCUT2D eigenvalue weighted by Gasteiger charge is 2.31. The number of amides is 2. The number of halogens is 3. The molecule has 9 nitrogen and oxygen atoms in total. The Bertz CT molecular complexity index is 1730. The molecule has 5 rings (SSSR count). The van der Waals surface area contributed by atoms with Gasteiger partial charge in [-0.1, -0.05) is 49.9 Å². The van der Waals surface area contributed by atoms with Crippen molar-refractivity contribution in [2.45, 2.75) is 39.5 Å². The third-order valence-electron chi connectivity index (χ3n) is 7.17. The van der Waals surface area contributed by atoms with Gasteiger partial charge in [0.2, 0.25) is 0 Å². The van der Waals surface area contributed by atoms with Crippen molar-refractivity contribution in [3.8, 4) is 28.6 Å². The van der Waals surface area contributed by atoms with Gasteiger partial charge in [0.1, 0.15) is 17.8 Å². The first-order valence-electron chi connectivity index (χ1n) is 14.5. The summed E-state index contributed by atoms with van der Waals surface area (Å²) in [5.74, 6) is 2.06. The number of allylic oxidation sites excluding steroid dienone is 1. The van der Waals surface area contributed by atoms with Crippen LogP contribution in [0, 0.1) is 0 Å². The van der Waals surface area contributed by atoms with E-state index in [2.05, 4.69) is 43.9 Å². The van der Waals surface area contributed by atoms with Gasteiger partial charge in [0, 0.05) is 29.7 Å². The molecular weight excluding hydrogens is 617 g/mol. The Morgan fingerprint density at radius 3 is 2.46 bits per heavy atom. The van der Waals surface area contributed by atoms with E-state index in [4.69, 9.17) is 4.74 Å². The number of methoxy groups -OCH3 is 1. The van der Waals surface area contributed by atoms with Crippen LogP contribution in [0.15, 0.2) is 84.2 Å². The van der Waals surface area contributed by atoms with Crippen LogP contribution in [0.4, 0.5) is 23.7 Å². The molecule has 0 aliphatic carbocycles. The molecule has 2 heterocycles. The van der Waals surface area contributed by atoms with Gasteiger partial charge in [-0.25, -0.2) is 14.5 Å². The first-order valence-corrected chi connectivity index (χ1v) is 15.5. The second-order valence-corrected chi connectivity index (χ2v) is 11.8. The minimum absolute atomic E-state index is 0.262. The van der Waals surface area contributed by atoms with Crippen LogP contribution in [0.5, 0.6) is 11.5 Å². The van der Waals surface area contributed by atoms with E-state index in [1.807, 2.05) is 49.4 Å². The molecular formula is C33H33F3N6O3S. The second kappa shape index (κ2) is 14.1. The molecule has 1 fully saturated rings. The van der Waals surface area contributed by atoms with E-state index in [1.54, 1.807) is 25.1 Å². The number of hydrogen-bond acceptors (Lipinski definition) is 6. The molecule has 0 radical (unpaired) electrons. The topological polar surface area (TPSA) is 93.9 Å². The zero-order valence-corrected chi connectivity index (χ0v) is 26.5. The van der Waals surface area contributed by atoms with Crippen LogP contribution in [-0.4, -0.2) is 51.7 Å². The molecule has 0 saturated carbocycles. The minimum atomic E-state index is -4.76. The Labute approximate surface area is 269 Å². The van der Waals surface area contributed by atoms with Gasteiger partial charge in [-0.3, -0.25) is 0 Å². The van der Waals surface area contributed by atoms with Crippen molar-refractivity contribution in [1.82, 2.24) is 20.1 Å². The quantitative estimate of drug-likeness (QED) is 0.206. The number of carbonyl (C=O) groups excluding carboxylic acids is 1. The third kappa shape index (κ3) is 8.08. The number of nitrogens with zero attached hydrogens (tertiary/aromatic N) is 5. The minimum Gasteiger partial charge on any atom is -0.497 e. The largest absolute Gasteiger partial charge is 0.573 e. The number of amidine groups is 1. The Balaban J connectivity index is 1.24. The lowest BCUT2D eigenvalue weighted by molar-refractivity contribution is -0.274. The van der Waals surface area contributed by atoms with E-state index in [1.165, 1.54) is 35.3 Å². The lowest BCUT2D eigenvalue weighted by Gasteiger charge is -2.32. The molecule has 0 atom stereocenters. The monoisotopic (exact) mass is 650 g/mol. The van der Waals surface area contributed by atoms with Crippen LogP contribution in [0.2, 0.25) is 0 Å². The van der Waals surface area contributed by atoms with E-state index < -0.39 is 12.4 Å². The number of hydrogen-bond donors (Lipinski definition) is 1. The number of rotatable bonds is 8. The van der Waals surface area contributed by atoms with E-state index in [-0.39, 0.29) is 11.7 Å². The van der Waals surface area contributed by atoms with Crippen LogP contribution in [0.3, 0.4) is 0 Å². The summed E-state index contributed by atoms with van der Waals surface area (Å²) in [6.07, 6.45) is -0.665. The molecule has 0 bridgehead atoms. The average molecular weight is 651 g/mol. The zero-order valence-electron chi connectivity index (χ0n) is 25.7. The van der Waals surface area contributed by atoms with Crippen LogP contribution in [-0.2, 0) is 0 Å². The molecule has 0 spiro atoms. The van der Waals surface area contributed by atoms with Crippen LogP contribution in [0.1, 0.15) is 44.2 Å². The van der Waals surface area contributed by atoms with Gasteiger partial charge in [0.15, 0.2) is 11.0 Å². The third-order valence-corrected chi connectivity index (χ3v) is 8.23. The summed E-state index contributed by atoms with van der Waals surface area (Å²) < 4.78 is 48.1. The normalized spacial score (nSPS) is 14.9. The van der Waals surface area contributed by atoms with Crippen LogP contribution < -0.4 is 19.7 Å². The van der Waals surface area contributed by atoms with Crippen molar-refractivity contribution in [1.29, 1.82) is 0 Å². The van der Waals surface area contributed by atoms with Gasteiger partial charge in [-0.15, -0.1) is 18.3 Å². The van der Waals surface area contributed by atoms with Gasteiger partial charge in [0.05, 0.1) is 12.8 Å². The maximum Gasteiger partial charge on any atom is 0.573 e. The fourth-order valence-electron chi connectivity index (χ4n) is 4.82. The highest BCUT2D eigenvalue weighted by molar-refractivity contribution is 8.14. The molecule has 2 amide bonds. The van der Waals surface area contributed by atoms with E-state index >= 15 is 0 Å². The van der Waals surface area contributed by atoms with Crippen molar-refractivity contribution in [3.63, 3.8) is 0 Å².